The van der Waals surface area contributed by atoms with E-state index >= 15 is 0 Å². The van der Waals surface area contributed by atoms with Crippen LogP contribution in [0.2, 0.25) is 5.02 Å². The second kappa shape index (κ2) is 5.44. The molecule has 10 radical (unpaired) electrons. The number of aliphatic hydroxyl groups excluding tert-OH is 1. The molecule has 0 aromatic heterocycles. The van der Waals surface area contributed by atoms with Gasteiger partial charge in [0.15, 0.2) is 0 Å². The molecule has 1 atom stereocenters. The molecule has 2 aromatic rings. The Labute approximate surface area is 141 Å². The lowest BCUT2D eigenvalue weighted by Gasteiger charge is -2.22. The minimum Gasteiger partial charge on any atom is -0.384 e. The summed E-state index contributed by atoms with van der Waals surface area (Å²) in [6, 6.07) is 5.21. The van der Waals surface area contributed by atoms with Crippen LogP contribution < -0.4 is 27.3 Å². The fraction of sp³-hybridized carbons (Fsp3) is 0.0667. The second-order valence-corrected chi connectivity index (χ2v) is 5.64. The maximum Gasteiger partial charge on any atom is 0.113 e. The van der Waals surface area contributed by atoms with Crippen LogP contribution in [0.3, 0.4) is 0 Å². The number of rotatable bonds is 1. The summed E-state index contributed by atoms with van der Waals surface area (Å²) in [6.07, 6.45) is 0.834. The number of hydrogen-bond acceptors (Lipinski definition) is 1. The average molecular weight is 292 g/mol. The molecule has 0 saturated heterocycles. The van der Waals surface area contributed by atoms with E-state index in [1.807, 2.05) is 0 Å². The Balaban J connectivity index is 2.30. The summed E-state index contributed by atoms with van der Waals surface area (Å²) in [5, 5.41) is 10.7. The molecule has 1 unspecified atom stereocenters. The van der Waals surface area contributed by atoms with E-state index in [0.717, 1.165) is 5.56 Å². The van der Waals surface area contributed by atoms with Crippen molar-refractivity contribution in [1.82, 2.24) is 0 Å². The first-order chi connectivity index (χ1) is 10.3. The molecule has 2 aromatic carbocycles. The topological polar surface area (TPSA) is 20.2 Å². The minimum atomic E-state index is -0.803. The molecule has 22 heavy (non-hydrogen) atoms. The second-order valence-electron chi connectivity index (χ2n) is 5.20. The molecule has 1 N–H and O–H groups in total. The van der Waals surface area contributed by atoms with Crippen LogP contribution in [0, 0.1) is 0 Å². The van der Waals surface area contributed by atoms with Crippen molar-refractivity contribution in [2.45, 2.75) is 6.10 Å². The highest BCUT2D eigenvalue weighted by Gasteiger charge is 2.25. The molecule has 7 heteroatoms. The third-order valence-electron chi connectivity index (χ3n) is 3.92. The fourth-order valence-corrected chi connectivity index (χ4v) is 2.90. The van der Waals surface area contributed by atoms with Crippen LogP contribution in [0.5, 0.6) is 0 Å². The first-order valence-electron chi connectivity index (χ1n) is 6.54. The first kappa shape index (κ1) is 15.6. The number of fused-ring (bicyclic) bond motifs is 1. The fourth-order valence-electron chi connectivity index (χ4n) is 2.72. The third kappa shape index (κ3) is 2.21. The molecule has 0 aliphatic heterocycles. The number of aliphatic hydroxyl groups is 1. The molecule has 1 aliphatic rings. The van der Waals surface area contributed by atoms with Crippen molar-refractivity contribution in [2.24, 2.45) is 0 Å². The van der Waals surface area contributed by atoms with Gasteiger partial charge in [0.05, 0.1) is 6.10 Å². The van der Waals surface area contributed by atoms with Crippen LogP contribution in [0.15, 0.2) is 24.3 Å². The summed E-state index contributed by atoms with van der Waals surface area (Å²) in [7, 11) is 29.8. The quantitative estimate of drug-likeness (QED) is 0.591. The van der Waals surface area contributed by atoms with Crippen molar-refractivity contribution in [3.8, 4) is 0 Å². The summed E-state index contributed by atoms with van der Waals surface area (Å²) in [5.74, 6) is 0. The molecule has 94 valence electrons. The van der Waals surface area contributed by atoms with E-state index in [-0.39, 0.29) is 27.3 Å². The largest absolute Gasteiger partial charge is 0.384 e. The summed E-state index contributed by atoms with van der Waals surface area (Å²) in [4.78, 5) is 0. The van der Waals surface area contributed by atoms with E-state index in [1.165, 1.54) is 0 Å². The molecule has 1 aliphatic carbocycles. The van der Waals surface area contributed by atoms with E-state index in [9.17, 15) is 5.11 Å². The molecule has 0 bridgehead atoms. The monoisotopic (exact) mass is 292 g/mol. The summed E-state index contributed by atoms with van der Waals surface area (Å²) in [5.41, 5.74) is 3.59. The van der Waals surface area contributed by atoms with Gasteiger partial charge in [-0.1, -0.05) is 28.6 Å². The molecule has 0 fully saturated rings. The SMILES string of the molecule is [B]c1c([B])c([B])c(C2=CC(O)c3cc(Cl)ccc32)c([B])c1[B]. The lowest BCUT2D eigenvalue weighted by molar-refractivity contribution is 0.232. The van der Waals surface area contributed by atoms with Gasteiger partial charge in [-0.25, -0.2) is 0 Å². The molecule has 0 spiro atoms. The molecule has 0 amide bonds. The Morgan fingerprint density at radius 1 is 0.864 bits per heavy atom. The molecule has 3 rings (SSSR count). The number of benzene rings is 2. The smallest absolute Gasteiger partial charge is 0.113 e. The van der Waals surface area contributed by atoms with Gasteiger partial charge in [0.1, 0.15) is 39.2 Å². The Hall–Kier alpha value is -1.25. The zero-order chi connectivity index (χ0) is 16.2. The van der Waals surface area contributed by atoms with Gasteiger partial charge in [0.2, 0.25) is 0 Å². The first-order valence-corrected chi connectivity index (χ1v) is 6.92. The highest BCUT2D eigenvalue weighted by molar-refractivity contribution is 6.68. The van der Waals surface area contributed by atoms with Gasteiger partial charge in [-0.2, -0.15) is 0 Å². The maximum absolute atomic E-state index is 10.2. The number of hydrogen-bond donors (Lipinski definition) is 1. The van der Waals surface area contributed by atoms with E-state index in [2.05, 4.69) is 0 Å². The zero-order valence-electron chi connectivity index (χ0n) is 11.6. The van der Waals surface area contributed by atoms with Crippen molar-refractivity contribution in [3.63, 3.8) is 0 Å². The summed E-state index contributed by atoms with van der Waals surface area (Å²) in [6.45, 7) is 0. The zero-order valence-corrected chi connectivity index (χ0v) is 12.4. The van der Waals surface area contributed by atoms with Crippen LogP contribution in [0.1, 0.15) is 22.8 Å². The van der Waals surface area contributed by atoms with Crippen molar-refractivity contribution in [2.75, 3.05) is 0 Å². The van der Waals surface area contributed by atoms with Crippen molar-refractivity contribution < 1.29 is 5.11 Å². The molecular formula is C15H6B5ClO. The van der Waals surface area contributed by atoms with Gasteiger partial charge in [0.25, 0.3) is 0 Å². The Kier molecular flexibility index (Phi) is 3.86. The molecular weight excluding hydrogens is 286 g/mol. The maximum atomic E-state index is 10.2. The van der Waals surface area contributed by atoms with Gasteiger partial charge in [-0.15, -0.1) is 16.4 Å². The van der Waals surface area contributed by atoms with E-state index in [4.69, 9.17) is 50.8 Å². The Morgan fingerprint density at radius 2 is 1.41 bits per heavy atom. The third-order valence-corrected chi connectivity index (χ3v) is 4.15. The van der Waals surface area contributed by atoms with Crippen LogP contribution in [0.25, 0.3) is 5.57 Å². The van der Waals surface area contributed by atoms with Gasteiger partial charge >= 0.3 is 0 Å². The standard InChI is InChI=1S/C15H6B5ClO/c16-11-10(12(17)14(19)15(20)13(11)18)8-4-9(22)7-3-5(21)1-2-6(7)8/h1-4,9,22H. The summed E-state index contributed by atoms with van der Waals surface area (Å²) < 4.78 is 0. The summed E-state index contributed by atoms with van der Waals surface area (Å²) >= 11 is 5.98. The Morgan fingerprint density at radius 3 is 2.00 bits per heavy atom. The van der Waals surface area contributed by atoms with Crippen molar-refractivity contribution in [1.29, 1.82) is 0 Å². The van der Waals surface area contributed by atoms with Gasteiger partial charge < -0.3 is 5.11 Å². The lowest BCUT2D eigenvalue weighted by Crippen LogP contribution is -2.56. The molecule has 0 heterocycles. The lowest BCUT2D eigenvalue weighted by atomic mass is 9.59. The van der Waals surface area contributed by atoms with E-state index in [0.29, 0.717) is 21.7 Å². The predicted molar refractivity (Wildman–Crippen MR) is 96.9 cm³/mol. The highest BCUT2D eigenvalue weighted by Crippen LogP contribution is 2.38. The van der Waals surface area contributed by atoms with Crippen LogP contribution in [0.4, 0.5) is 0 Å². The van der Waals surface area contributed by atoms with E-state index < -0.39 is 6.10 Å². The minimum absolute atomic E-state index is 0.161. The van der Waals surface area contributed by atoms with Crippen LogP contribution in [-0.4, -0.2) is 44.3 Å². The van der Waals surface area contributed by atoms with Crippen molar-refractivity contribution in [3.05, 3.63) is 46.0 Å². The van der Waals surface area contributed by atoms with E-state index in [1.54, 1.807) is 24.3 Å². The molecule has 0 saturated carbocycles. The van der Waals surface area contributed by atoms with Crippen molar-refractivity contribution >= 4 is 83.7 Å². The number of halogens is 1. The van der Waals surface area contributed by atoms with Gasteiger partial charge in [-0.05, 0) is 40.5 Å². The van der Waals surface area contributed by atoms with Crippen LogP contribution >= 0.6 is 11.6 Å². The predicted octanol–water partition coefficient (Wildman–Crippen LogP) is -2.21. The average Bonchev–Trinajstić information content (AvgIpc) is 2.80. The molecule has 1 nitrogen and oxygen atoms in total. The van der Waals surface area contributed by atoms with Gasteiger partial charge in [-0.3, -0.25) is 0 Å². The van der Waals surface area contributed by atoms with Gasteiger partial charge in [0, 0.05) is 5.02 Å². The normalized spacial score (nSPS) is 16.5. The highest BCUT2D eigenvalue weighted by atomic mass is 35.5. The Bertz CT molecular complexity index is 802. The van der Waals surface area contributed by atoms with Crippen LogP contribution in [-0.2, 0) is 0 Å².